The molecule has 1 aliphatic rings. The van der Waals surface area contributed by atoms with Crippen molar-refractivity contribution in [1.82, 2.24) is 9.78 Å². The molecule has 0 spiro atoms. The van der Waals surface area contributed by atoms with E-state index in [9.17, 15) is 9.59 Å². The van der Waals surface area contributed by atoms with Gasteiger partial charge in [0.2, 0.25) is 5.91 Å². The Hall–Kier alpha value is -2.99. The number of hydrogen-bond acceptors (Lipinski definition) is 4. The average molecular weight is 349 g/mol. The summed E-state index contributed by atoms with van der Waals surface area (Å²) >= 11 is 0. The lowest BCUT2D eigenvalue weighted by atomic mass is 9.99. The number of ether oxygens (including phenoxy) is 1. The van der Waals surface area contributed by atoms with E-state index in [4.69, 9.17) is 4.74 Å². The number of amides is 1. The van der Waals surface area contributed by atoms with Gasteiger partial charge in [-0.1, -0.05) is 36.4 Å². The summed E-state index contributed by atoms with van der Waals surface area (Å²) in [5.41, 5.74) is 1.68. The van der Waals surface area contributed by atoms with E-state index in [0.29, 0.717) is 11.9 Å². The van der Waals surface area contributed by atoms with Crippen LogP contribution >= 0.6 is 0 Å². The molecule has 2 heterocycles. The molecule has 3 aromatic rings. The normalized spacial score (nSPS) is 16.5. The molecular formula is C20H19N3O3. The van der Waals surface area contributed by atoms with E-state index in [1.807, 2.05) is 36.4 Å². The van der Waals surface area contributed by atoms with Gasteiger partial charge in [-0.3, -0.25) is 9.59 Å². The molecule has 0 aliphatic carbocycles. The third kappa shape index (κ3) is 2.88. The summed E-state index contributed by atoms with van der Waals surface area (Å²) in [4.78, 5) is 27.3. The van der Waals surface area contributed by atoms with Gasteiger partial charge in [0.05, 0.1) is 24.2 Å². The summed E-state index contributed by atoms with van der Waals surface area (Å²) in [6.45, 7) is 0.364. The Labute approximate surface area is 150 Å². The van der Waals surface area contributed by atoms with Crippen LogP contribution in [0.2, 0.25) is 0 Å². The van der Waals surface area contributed by atoms with Gasteiger partial charge in [0.25, 0.3) is 5.56 Å². The van der Waals surface area contributed by atoms with Gasteiger partial charge >= 0.3 is 0 Å². The molecule has 1 amide bonds. The van der Waals surface area contributed by atoms with Crippen molar-refractivity contribution in [3.8, 4) is 0 Å². The van der Waals surface area contributed by atoms with Gasteiger partial charge in [-0.2, -0.15) is 5.10 Å². The maximum absolute atomic E-state index is 13.0. The quantitative estimate of drug-likeness (QED) is 0.725. The van der Waals surface area contributed by atoms with Gasteiger partial charge in [0.15, 0.2) is 0 Å². The molecule has 1 unspecified atom stereocenters. The Morgan fingerprint density at radius 1 is 1.19 bits per heavy atom. The Kier molecular flexibility index (Phi) is 4.26. The largest absolute Gasteiger partial charge is 0.379 e. The third-order valence-corrected chi connectivity index (χ3v) is 4.80. The molecule has 6 heteroatoms. The lowest BCUT2D eigenvalue weighted by Crippen LogP contribution is -2.45. The molecule has 0 bridgehead atoms. The second-order valence-electron chi connectivity index (χ2n) is 6.39. The number of methoxy groups -OCH3 is 1. The van der Waals surface area contributed by atoms with Crippen LogP contribution in [0.4, 0.5) is 5.69 Å². The second kappa shape index (κ2) is 6.72. The van der Waals surface area contributed by atoms with Crippen molar-refractivity contribution in [1.29, 1.82) is 0 Å². The molecule has 0 saturated carbocycles. The summed E-state index contributed by atoms with van der Waals surface area (Å²) in [5, 5.41) is 5.49. The lowest BCUT2D eigenvalue weighted by Gasteiger charge is -2.34. The first-order valence-corrected chi connectivity index (χ1v) is 8.53. The van der Waals surface area contributed by atoms with Crippen molar-refractivity contribution in [2.24, 2.45) is 0 Å². The first-order chi connectivity index (χ1) is 12.7. The maximum Gasteiger partial charge on any atom is 0.275 e. The van der Waals surface area contributed by atoms with Crippen LogP contribution in [0.1, 0.15) is 5.56 Å². The molecule has 0 fully saturated rings. The molecule has 1 aromatic heterocycles. The van der Waals surface area contributed by atoms with E-state index in [1.54, 1.807) is 30.3 Å². The third-order valence-electron chi connectivity index (χ3n) is 4.80. The fourth-order valence-corrected chi connectivity index (χ4v) is 3.41. The number of benzene rings is 2. The minimum atomic E-state index is -0.259. The van der Waals surface area contributed by atoms with E-state index >= 15 is 0 Å². The molecule has 26 heavy (non-hydrogen) atoms. The van der Waals surface area contributed by atoms with Crippen molar-refractivity contribution in [2.75, 3.05) is 18.6 Å². The monoisotopic (exact) mass is 349 g/mol. The van der Waals surface area contributed by atoms with E-state index in [0.717, 1.165) is 23.1 Å². The predicted octanol–water partition coefficient (Wildman–Crippen LogP) is 2.00. The summed E-state index contributed by atoms with van der Waals surface area (Å²) in [7, 11) is 1.65. The number of carbonyl (C=O) groups is 1. The maximum atomic E-state index is 13.0. The number of para-hydroxylation sites is 1. The van der Waals surface area contributed by atoms with E-state index in [2.05, 4.69) is 5.10 Å². The van der Waals surface area contributed by atoms with Crippen molar-refractivity contribution in [3.63, 3.8) is 0 Å². The standard InChI is InChI=1S/C20H19N3O3/c1-26-16-10-14-6-3-5-9-18(14)22(12-16)19(24)13-23-20(25)17-8-4-2-7-15(17)11-21-23/h2-9,11,16H,10,12-13H2,1H3. The molecule has 0 saturated heterocycles. The number of fused-ring (bicyclic) bond motifs is 2. The molecule has 6 nitrogen and oxygen atoms in total. The minimum Gasteiger partial charge on any atom is -0.379 e. The van der Waals surface area contributed by atoms with Crippen molar-refractivity contribution in [3.05, 3.63) is 70.6 Å². The van der Waals surface area contributed by atoms with Gasteiger partial charge in [0.1, 0.15) is 6.54 Å². The summed E-state index contributed by atoms with van der Waals surface area (Å²) in [6.07, 6.45) is 2.33. The highest BCUT2D eigenvalue weighted by Crippen LogP contribution is 2.28. The van der Waals surface area contributed by atoms with Gasteiger partial charge in [-0.05, 0) is 17.7 Å². The van der Waals surface area contributed by atoms with Crippen LogP contribution in [0.5, 0.6) is 0 Å². The van der Waals surface area contributed by atoms with Crippen molar-refractivity contribution < 1.29 is 9.53 Å². The molecule has 132 valence electrons. The molecule has 1 aliphatic heterocycles. The number of hydrogen-bond donors (Lipinski definition) is 0. The molecule has 0 N–H and O–H groups in total. The lowest BCUT2D eigenvalue weighted by molar-refractivity contribution is -0.120. The highest BCUT2D eigenvalue weighted by atomic mass is 16.5. The topological polar surface area (TPSA) is 64.4 Å². The highest BCUT2D eigenvalue weighted by Gasteiger charge is 2.28. The fourth-order valence-electron chi connectivity index (χ4n) is 3.41. The number of nitrogens with zero attached hydrogens (tertiary/aromatic N) is 3. The van der Waals surface area contributed by atoms with Crippen LogP contribution in [-0.4, -0.2) is 35.4 Å². The first-order valence-electron chi connectivity index (χ1n) is 8.53. The molecule has 0 radical (unpaired) electrons. The van der Waals surface area contributed by atoms with Crippen LogP contribution in [0.25, 0.3) is 10.8 Å². The second-order valence-corrected chi connectivity index (χ2v) is 6.39. The zero-order chi connectivity index (χ0) is 18.1. The van der Waals surface area contributed by atoms with Crippen LogP contribution in [-0.2, 0) is 22.5 Å². The van der Waals surface area contributed by atoms with Gasteiger partial charge < -0.3 is 9.64 Å². The zero-order valence-corrected chi connectivity index (χ0v) is 14.5. The minimum absolute atomic E-state index is 0.0601. The molecular weight excluding hydrogens is 330 g/mol. The summed E-state index contributed by atoms with van der Waals surface area (Å²) < 4.78 is 6.71. The molecule has 4 rings (SSSR count). The molecule has 2 aromatic carbocycles. The Balaban J connectivity index is 1.66. The van der Waals surface area contributed by atoms with E-state index in [-0.39, 0.29) is 24.1 Å². The predicted molar refractivity (Wildman–Crippen MR) is 99.3 cm³/mol. The number of aromatic nitrogens is 2. The van der Waals surface area contributed by atoms with Crippen LogP contribution in [0.3, 0.4) is 0 Å². The number of carbonyl (C=O) groups excluding carboxylic acids is 1. The summed E-state index contributed by atoms with van der Waals surface area (Å²) in [6, 6.07) is 15.0. The SMILES string of the molecule is COC1Cc2ccccc2N(C(=O)Cn2ncc3ccccc3c2=O)C1. The highest BCUT2D eigenvalue weighted by molar-refractivity contribution is 5.94. The first kappa shape index (κ1) is 16.5. The van der Waals surface area contributed by atoms with Crippen LogP contribution in [0.15, 0.2) is 59.5 Å². The fraction of sp³-hybridized carbons (Fsp3) is 0.250. The zero-order valence-electron chi connectivity index (χ0n) is 14.5. The van der Waals surface area contributed by atoms with Crippen molar-refractivity contribution in [2.45, 2.75) is 19.1 Å². The summed E-state index contributed by atoms with van der Waals surface area (Å²) in [5.74, 6) is -0.177. The van der Waals surface area contributed by atoms with Crippen LogP contribution in [0, 0.1) is 0 Å². The number of rotatable bonds is 3. The Morgan fingerprint density at radius 3 is 2.81 bits per heavy atom. The van der Waals surface area contributed by atoms with Gasteiger partial charge in [0, 0.05) is 24.6 Å². The Morgan fingerprint density at radius 2 is 1.96 bits per heavy atom. The smallest absolute Gasteiger partial charge is 0.275 e. The molecule has 1 atom stereocenters. The average Bonchev–Trinajstić information content (AvgIpc) is 2.69. The van der Waals surface area contributed by atoms with E-state index in [1.165, 1.54) is 4.68 Å². The Bertz CT molecular complexity index is 1030. The van der Waals surface area contributed by atoms with Crippen molar-refractivity contribution >= 4 is 22.4 Å². The van der Waals surface area contributed by atoms with Gasteiger partial charge in [-0.15, -0.1) is 0 Å². The number of anilines is 1. The van der Waals surface area contributed by atoms with Crippen LogP contribution < -0.4 is 10.5 Å². The van der Waals surface area contributed by atoms with Gasteiger partial charge in [-0.25, -0.2) is 4.68 Å². The van der Waals surface area contributed by atoms with E-state index < -0.39 is 0 Å².